The number of benzene rings is 4. The highest BCUT2D eigenvalue weighted by Crippen LogP contribution is 2.42. The number of aryl methyl sites for hydroxylation is 2. The summed E-state index contributed by atoms with van der Waals surface area (Å²) in [6, 6.07) is 36.4. The van der Waals surface area contributed by atoms with Crippen LogP contribution in [0.1, 0.15) is 40.7 Å². The molecule has 39 heavy (non-hydrogen) atoms. The number of rotatable bonds is 9. The Morgan fingerprint density at radius 1 is 0.744 bits per heavy atom. The van der Waals surface area contributed by atoms with Crippen molar-refractivity contribution in [2.24, 2.45) is 0 Å². The molecule has 6 rings (SSSR count). The van der Waals surface area contributed by atoms with E-state index < -0.39 is 0 Å². The Kier molecular flexibility index (Phi) is 7.37. The highest BCUT2D eigenvalue weighted by Gasteiger charge is 2.22. The summed E-state index contributed by atoms with van der Waals surface area (Å²) in [6.07, 6.45) is 6.61. The van der Waals surface area contributed by atoms with Crippen molar-refractivity contribution in [1.29, 1.82) is 0 Å². The molecule has 4 nitrogen and oxygen atoms in total. The van der Waals surface area contributed by atoms with Crippen LogP contribution in [-0.4, -0.2) is 21.5 Å². The van der Waals surface area contributed by atoms with Gasteiger partial charge in [0.05, 0.1) is 6.20 Å². The van der Waals surface area contributed by atoms with E-state index in [1.807, 2.05) is 35.3 Å². The highest BCUT2D eigenvalue weighted by atomic mass is 16.5. The average Bonchev–Trinajstić information content (AvgIpc) is 3.48. The summed E-state index contributed by atoms with van der Waals surface area (Å²) >= 11 is 0. The van der Waals surface area contributed by atoms with Crippen LogP contribution in [0.3, 0.4) is 0 Å². The zero-order valence-electron chi connectivity index (χ0n) is 22.0. The standard InChI is InChI=1S/C35H32N2O2/c38-21-7-20-37-24-31(23-36-37)27-12-14-29(15-13-27)35-33(28-10-5-2-6-11-28)18-16-30-22-32(17-19-34(30)35)39-25-26-8-3-1-4-9-26/h1-6,8-15,17,19,22-24,38H,7,16,18,20-21,25H2. The normalized spacial score (nSPS) is 12.8. The molecule has 1 aliphatic carbocycles. The van der Waals surface area contributed by atoms with Gasteiger partial charge in [0, 0.05) is 24.9 Å². The largest absolute Gasteiger partial charge is 0.489 e. The van der Waals surface area contributed by atoms with Crippen LogP contribution in [0.2, 0.25) is 0 Å². The summed E-state index contributed by atoms with van der Waals surface area (Å²) in [6.45, 7) is 1.45. The second-order valence-electron chi connectivity index (χ2n) is 9.96. The molecule has 0 unspecified atom stereocenters. The monoisotopic (exact) mass is 512 g/mol. The van der Waals surface area contributed by atoms with E-state index in [0.717, 1.165) is 36.3 Å². The molecular weight excluding hydrogens is 480 g/mol. The van der Waals surface area contributed by atoms with E-state index in [0.29, 0.717) is 13.0 Å². The number of fused-ring (bicyclic) bond motifs is 1. The van der Waals surface area contributed by atoms with Crippen molar-refractivity contribution in [2.45, 2.75) is 32.4 Å². The van der Waals surface area contributed by atoms with Crippen molar-refractivity contribution in [3.8, 4) is 16.9 Å². The van der Waals surface area contributed by atoms with Crippen LogP contribution in [0.4, 0.5) is 0 Å². The van der Waals surface area contributed by atoms with Gasteiger partial charge in [-0.1, -0.05) is 91.0 Å². The van der Waals surface area contributed by atoms with Crippen molar-refractivity contribution in [1.82, 2.24) is 9.78 Å². The van der Waals surface area contributed by atoms with Crippen LogP contribution in [0.25, 0.3) is 22.3 Å². The molecule has 0 saturated heterocycles. The van der Waals surface area contributed by atoms with Crippen molar-refractivity contribution >= 4 is 11.1 Å². The van der Waals surface area contributed by atoms with E-state index in [4.69, 9.17) is 9.84 Å². The SMILES string of the molecule is OCCCn1cc(-c2ccc(C3=C(c4ccccc4)CCc4cc(OCc5ccccc5)ccc43)cc2)cn1. The van der Waals surface area contributed by atoms with Crippen LogP contribution < -0.4 is 4.74 Å². The topological polar surface area (TPSA) is 47.3 Å². The lowest BCUT2D eigenvalue weighted by atomic mass is 9.79. The smallest absolute Gasteiger partial charge is 0.120 e. The minimum Gasteiger partial charge on any atom is -0.489 e. The third-order valence-electron chi connectivity index (χ3n) is 7.35. The number of aliphatic hydroxyl groups excluding tert-OH is 1. The number of hydrogen-bond acceptors (Lipinski definition) is 3. The maximum absolute atomic E-state index is 9.12. The van der Waals surface area contributed by atoms with Gasteiger partial charge in [-0.05, 0) is 75.9 Å². The number of ether oxygens (including phenoxy) is 1. The molecule has 0 bridgehead atoms. The Balaban J connectivity index is 1.33. The van der Waals surface area contributed by atoms with Crippen LogP contribution >= 0.6 is 0 Å². The summed E-state index contributed by atoms with van der Waals surface area (Å²) in [5.74, 6) is 0.911. The maximum atomic E-state index is 9.12. The molecule has 1 aromatic heterocycles. The Labute approximate surface area is 229 Å². The minimum absolute atomic E-state index is 0.171. The molecule has 0 radical (unpaired) electrons. The molecule has 0 atom stereocenters. The first-order valence-electron chi connectivity index (χ1n) is 13.6. The van der Waals surface area contributed by atoms with E-state index in [9.17, 15) is 0 Å². The first-order chi connectivity index (χ1) is 19.3. The van der Waals surface area contributed by atoms with Gasteiger partial charge in [-0.2, -0.15) is 5.10 Å². The zero-order valence-corrected chi connectivity index (χ0v) is 22.0. The third kappa shape index (κ3) is 5.57. The molecule has 1 heterocycles. The van der Waals surface area contributed by atoms with Gasteiger partial charge in [0.2, 0.25) is 0 Å². The molecular formula is C35H32N2O2. The Morgan fingerprint density at radius 3 is 2.26 bits per heavy atom. The molecule has 0 fully saturated rings. The van der Waals surface area contributed by atoms with Crippen LogP contribution in [0.5, 0.6) is 5.75 Å². The van der Waals surface area contributed by atoms with Gasteiger partial charge in [0.1, 0.15) is 12.4 Å². The first-order valence-corrected chi connectivity index (χ1v) is 13.6. The maximum Gasteiger partial charge on any atom is 0.120 e. The second-order valence-corrected chi connectivity index (χ2v) is 9.96. The van der Waals surface area contributed by atoms with Gasteiger partial charge >= 0.3 is 0 Å². The lowest BCUT2D eigenvalue weighted by Crippen LogP contribution is -2.07. The minimum atomic E-state index is 0.171. The first kappa shape index (κ1) is 24.9. The quantitative estimate of drug-likeness (QED) is 0.224. The average molecular weight is 513 g/mol. The fourth-order valence-electron chi connectivity index (χ4n) is 5.35. The predicted octanol–water partition coefficient (Wildman–Crippen LogP) is 7.42. The molecule has 4 heteroatoms. The van der Waals surface area contributed by atoms with Crippen LogP contribution in [0, 0.1) is 0 Å². The van der Waals surface area contributed by atoms with E-state index in [2.05, 4.69) is 90.0 Å². The molecule has 1 aliphatic rings. The molecule has 1 N–H and O–H groups in total. The van der Waals surface area contributed by atoms with E-state index >= 15 is 0 Å². The molecule has 0 aliphatic heterocycles. The van der Waals surface area contributed by atoms with E-state index in [1.54, 1.807) is 0 Å². The van der Waals surface area contributed by atoms with Crippen molar-refractivity contribution in [2.75, 3.05) is 6.61 Å². The number of hydrogen-bond donors (Lipinski definition) is 1. The fourth-order valence-corrected chi connectivity index (χ4v) is 5.35. The summed E-state index contributed by atoms with van der Waals surface area (Å²) in [7, 11) is 0. The van der Waals surface area contributed by atoms with Gasteiger partial charge < -0.3 is 9.84 Å². The molecule has 0 saturated carbocycles. The summed E-state index contributed by atoms with van der Waals surface area (Å²) < 4.78 is 8.06. The fraction of sp³-hybridized carbons (Fsp3) is 0.171. The second kappa shape index (κ2) is 11.5. The zero-order chi connectivity index (χ0) is 26.4. The summed E-state index contributed by atoms with van der Waals surface area (Å²) in [5, 5.41) is 13.6. The van der Waals surface area contributed by atoms with E-state index in [1.165, 1.54) is 39.0 Å². The molecule has 194 valence electrons. The summed E-state index contributed by atoms with van der Waals surface area (Å²) in [4.78, 5) is 0. The lowest BCUT2D eigenvalue weighted by molar-refractivity contribution is 0.277. The number of aromatic nitrogens is 2. The van der Waals surface area contributed by atoms with Gasteiger partial charge in [-0.25, -0.2) is 0 Å². The van der Waals surface area contributed by atoms with Gasteiger partial charge in [-0.3, -0.25) is 4.68 Å². The predicted molar refractivity (Wildman–Crippen MR) is 157 cm³/mol. The van der Waals surface area contributed by atoms with Crippen LogP contribution in [-0.2, 0) is 19.6 Å². The van der Waals surface area contributed by atoms with Crippen molar-refractivity contribution in [3.63, 3.8) is 0 Å². The van der Waals surface area contributed by atoms with Crippen molar-refractivity contribution < 1.29 is 9.84 Å². The highest BCUT2D eigenvalue weighted by molar-refractivity contribution is 6.01. The molecule has 5 aromatic rings. The van der Waals surface area contributed by atoms with Gasteiger partial charge in [0.25, 0.3) is 0 Å². The third-order valence-corrected chi connectivity index (χ3v) is 7.35. The molecule has 4 aromatic carbocycles. The van der Waals surface area contributed by atoms with Crippen LogP contribution in [0.15, 0.2) is 116 Å². The van der Waals surface area contributed by atoms with E-state index in [-0.39, 0.29) is 6.61 Å². The Bertz CT molecular complexity index is 1570. The number of allylic oxidation sites excluding steroid dienone is 1. The molecule has 0 spiro atoms. The Morgan fingerprint density at radius 2 is 1.49 bits per heavy atom. The van der Waals surface area contributed by atoms with Crippen molar-refractivity contribution in [3.05, 3.63) is 143 Å². The summed E-state index contributed by atoms with van der Waals surface area (Å²) in [5.41, 5.74) is 11.1. The molecule has 0 amide bonds. The number of nitrogens with zero attached hydrogens (tertiary/aromatic N) is 2. The van der Waals surface area contributed by atoms with Gasteiger partial charge in [-0.15, -0.1) is 0 Å². The lowest BCUT2D eigenvalue weighted by Gasteiger charge is -2.25. The number of aliphatic hydroxyl groups is 1. The van der Waals surface area contributed by atoms with Gasteiger partial charge in [0.15, 0.2) is 0 Å². The Hall–Kier alpha value is -4.41.